The minimum Gasteiger partial charge on any atom is -0.508 e. The number of rotatable bonds is 3. The Hall–Kier alpha value is -2.55. The van der Waals surface area contributed by atoms with E-state index in [1.165, 1.54) is 6.07 Å². The molecule has 0 aliphatic heterocycles. The Morgan fingerprint density at radius 2 is 1.65 bits per heavy atom. The molecule has 100 valence electrons. The molecule has 0 radical (unpaired) electrons. The van der Waals surface area contributed by atoms with Crippen molar-refractivity contribution < 1.29 is 14.2 Å². The molecule has 3 aromatic carbocycles. The van der Waals surface area contributed by atoms with Crippen LogP contribution in [0.5, 0.6) is 11.5 Å². The third-order valence-corrected chi connectivity index (χ3v) is 3.15. The summed E-state index contributed by atoms with van der Waals surface area (Å²) in [4.78, 5) is 0. The molecule has 0 aromatic heterocycles. The van der Waals surface area contributed by atoms with Crippen LogP contribution in [0.15, 0.2) is 60.7 Å². The highest BCUT2D eigenvalue weighted by molar-refractivity contribution is 5.85. The maximum Gasteiger partial charge on any atom is 0.129 e. The summed E-state index contributed by atoms with van der Waals surface area (Å²) in [5.41, 5.74) is 0.526. The van der Waals surface area contributed by atoms with E-state index in [0.29, 0.717) is 11.3 Å². The quantitative estimate of drug-likeness (QED) is 0.769. The van der Waals surface area contributed by atoms with Crippen LogP contribution in [0.25, 0.3) is 10.8 Å². The number of benzene rings is 3. The molecule has 3 rings (SSSR count). The van der Waals surface area contributed by atoms with Crippen molar-refractivity contribution >= 4 is 10.8 Å². The zero-order valence-corrected chi connectivity index (χ0v) is 10.7. The Morgan fingerprint density at radius 3 is 2.50 bits per heavy atom. The molecule has 0 aliphatic rings. The molecule has 0 amide bonds. The number of fused-ring (bicyclic) bond motifs is 1. The van der Waals surface area contributed by atoms with E-state index in [9.17, 15) is 9.50 Å². The van der Waals surface area contributed by atoms with E-state index in [4.69, 9.17) is 4.74 Å². The highest BCUT2D eigenvalue weighted by atomic mass is 19.1. The second kappa shape index (κ2) is 5.21. The van der Waals surface area contributed by atoms with E-state index in [2.05, 4.69) is 0 Å². The number of phenols is 1. The molecule has 3 heteroatoms. The van der Waals surface area contributed by atoms with E-state index >= 15 is 0 Å². The van der Waals surface area contributed by atoms with Gasteiger partial charge in [-0.25, -0.2) is 4.39 Å². The van der Waals surface area contributed by atoms with E-state index in [1.807, 2.05) is 24.3 Å². The van der Waals surface area contributed by atoms with Gasteiger partial charge in [-0.2, -0.15) is 0 Å². The summed E-state index contributed by atoms with van der Waals surface area (Å²) in [5, 5.41) is 11.3. The fourth-order valence-corrected chi connectivity index (χ4v) is 2.08. The standard InChI is InChI=1S/C17H13FO2/c18-17-4-2-1-3-14(17)11-20-16-8-6-12-9-15(19)7-5-13(12)10-16/h1-10,19H,11H2. The molecule has 0 bridgehead atoms. The Bertz CT molecular complexity index is 753. The first-order chi connectivity index (χ1) is 9.72. The minimum atomic E-state index is -0.266. The van der Waals surface area contributed by atoms with Crippen molar-refractivity contribution in [2.45, 2.75) is 6.61 Å². The molecule has 20 heavy (non-hydrogen) atoms. The van der Waals surface area contributed by atoms with Gasteiger partial charge in [-0.15, -0.1) is 0 Å². The predicted molar refractivity (Wildman–Crippen MR) is 76.3 cm³/mol. The van der Waals surface area contributed by atoms with E-state index in [0.717, 1.165) is 10.8 Å². The smallest absolute Gasteiger partial charge is 0.129 e. The molecule has 0 saturated heterocycles. The molecule has 3 aromatic rings. The number of aromatic hydroxyl groups is 1. The van der Waals surface area contributed by atoms with Crippen LogP contribution in [0.4, 0.5) is 4.39 Å². The van der Waals surface area contributed by atoms with Crippen LogP contribution in [0, 0.1) is 5.82 Å². The highest BCUT2D eigenvalue weighted by Gasteiger charge is 2.03. The molecule has 0 fully saturated rings. The van der Waals surface area contributed by atoms with Crippen molar-refractivity contribution in [2.24, 2.45) is 0 Å². The lowest BCUT2D eigenvalue weighted by atomic mass is 10.1. The molecule has 0 unspecified atom stereocenters. The summed E-state index contributed by atoms with van der Waals surface area (Å²) < 4.78 is 19.1. The van der Waals surface area contributed by atoms with Crippen LogP contribution in [0.3, 0.4) is 0 Å². The first-order valence-electron chi connectivity index (χ1n) is 6.31. The maximum atomic E-state index is 13.5. The van der Waals surface area contributed by atoms with Crippen molar-refractivity contribution in [2.75, 3.05) is 0 Å². The Labute approximate surface area is 116 Å². The van der Waals surface area contributed by atoms with Gasteiger partial charge in [0.25, 0.3) is 0 Å². The molecule has 2 nitrogen and oxygen atoms in total. The monoisotopic (exact) mass is 268 g/mol. The SMILES string of the molecule is Oc1ccc2cc(OCc3ccccc3F)ccc2c1. The summed E-state index contributed by atoms with van der Waals surface area (Å²) in [7, 11) is 0. The van der Waals surface area contributed by atoms with Gasteiger partial charge in [-0.3, -0.25) is 0 Å². The van der Waals surface area contributed by atoms with Gasteiger partial charge in [0.15, 0.2) is 0 Å². The molecule has 0 heterocycles. The van der Waals surface area contributed by atoms with Crippen molar-refractivity contribution in [3.63, 3.8) is 0 Å². The van der Waals surface area contributed by atoms with Crippen molar-refractivity contribution in [3.05, 3.63) is 72.0 Å². The fraction of sp³-hybridized carbons (Fsp3) is 0.0588. The van der Waals surface area contributed by atoms with E-state index in [-0.39, 0.29) is 18.2 Å². The van der Waals surface area contributed by atoms with Gasteiger partial charge >= 0.3 is 0 Å². The van der Waals surface area contributed by atoms with E-state index < -0.39 is 0 Å². The lowest BCUT2D eigenvalue weighted by molar-refractivity contribution is 0.300. The van der Waals surface area contributed by atoms with Gasteiger partial charge in [-0.1, -0.05) is 30.3 Å². The normalized spacial score (nSPS) is 10.7. The van der Waals surface area contributed by atoms with Crippen LogP contribution < -0.4 is 4.74 Å². The van der Waals surface area contributed by atoms with Crippen molar-refractivity contribution in [1.29, 1.82) is 0 Å². The lowest BCUT2D eigenvalue weighted by Crippen LogP contribution is -1.98. The number of ether oxygens (including phenoxy) is 1. The van der Waals surface area contributed by atoms with Gasteiger partial charge in [0.1, 0.15) is 23.9 Å². The third kappa shape index (κ3) is 2.57. The number of hydrogen-bond donors (Lipinski definition) is 1. The van der Waals surface area contributed by atoms with Crippen LogP contribution in [-0.4, -0.2) is 5.11 Å². The third-order valence-electron chi connectivity index (χ3n) is 3.15. The molecule has 1 N–H and O–H groups in total. The topological polar surface area (TPSA) is 29.5 Å². The maximum absolute atomic E-state index is 13.5. The molecular formula is C17H13FO2. The summed E-state index contributed by atoms with van der Waals surface area (Å²) in [5.74, 6) is 0.641. The zero-order chi connectivity index (χ0) is 13.9. The molecule has 0 atom stereocenters. The van der Waals surface area contributed by atoms with Crippen LogP contribution >= 0.6 is 0 Å². The van der Waals surface area contributed by atoms with Crippen LogP contribution in [0.2, 0.25) is 0 Å². The summed E-state index contributed by atoms with van der Waals surface area (Å²) >= 11 is 0. The van der Waals surface area contributed by atoms with Gasteiger partial charge in [0, 0.05) is 5.56 Å². The molecule has 0 aliphatic carbocycles. The van der Waals surface area contributed by atoms with Gasteiger partial charge in [0.05, 0.1) is 0 Å². The number of phenolic OH excluding ortho intramolecular Hbond substituents is 1. The first kappa shape index (κ1) is 12.5. The minimum absolute atomic E-state index is 0.191. The average molecular weight is 268 g/mol. The van der Waals surface area contributed by atoms with Gasteiger partial charge < -0.3 is 9.84 Å². The molecule has 0 spiro atoms. The summed E-state index contributed by atoms with van der Waals surface area (Å²) in [6, 6.07) is 17.2. The zero-order valence-electron chi connectivity index (χ0n) is 10.7. The molecular weight excluding hydrogens is 255 g/mol. The first-order valence-corrected chi connectivity index (χ1v) is 6.31. The predicted octanol–water partition coefficient (Wildman–Crippen LogP) is 4.26. The second-order valence-electron chi connectivity index (χ2n) is 4.57. The van der Waals surface area contributed by atoms with Crippen LogP contribution in [0.1, 0.15) is 5.56 Å². The Balaban J connectivity index is 1.81. The number of hydrogen-bond acceptors (Lipinski definition) is 2. The summed E-state index contributed by atoms with van der Waals surface area (Å²) in [6.45, 7) is 0.191. The number of halogens is 1. The van der Waals surface area contributed by atoms with Gasteiger partial charge in [0.2, 0.25) is 0 Å². The lowest BCUT2D eigenvalue weighted by Gasteiger charge is -2.08. The Morgan fingerprint density at radius 1 is 0.900 bits per heavy atom. The van der Waals surface area contributed by atoms with E-state index in [1.54, 1.807) is 30.3 Å². The van der Waals surface area contributed by atoms with Crippen LogP contribution in [-0.2, 0) is 6.61 Å². The highest BCUT2D eigenvalue weighted by Crippen LogP contribution is 2.25. The Kier molecular flexibility index (Phi) is 3.25. The van der Waals surface area contributed by atoms with Crippen molar-refractivity contribution in [1.82, 2.24) is 0 Å². The van der Waals surface area contributed by atoms with Crippen molar-refractivity contribution in [3.8, 4) is 11.5 Å². The fourth-order valence-electron chi connectivity index (χ4n) is 2.08. The summed E-state index contributed by atoms with van der Waals surface area (Å²) in [6.07, 6.45) is 0. The second-order valence-corrected chi connectivity index (χ2v) is 4.57. The average Bonchev–Trinajstić information content (AvgIpc) is 2.46. The van der Waals surface area contributed by atoms with Gasteiger partial charge in [-0.05, 0) is 41.1 Å². The largest absolute Gasteiger partial charge is 0.508 e. The molecule has 0 saturated carbocycles.